The molecule has 1 aliphatic heterocycles. The van der Waals surface area contributed by atoms with E-state index >= 15 is 0 Å². The van der Waals surface area contributed by atoms with E-state index in [1.165, 1.54) is 18.2 Å². The van der Waals surface area contributed by atoms with Crippen LogP contribution in [-0.4, -0.2) is 41.2 Å². The molecule has 1 aromatic carbocycles. The molecule has 1 fully saturated rings. The lowest BCUT2D eigenvalue weighted by atomic mass is 10.1. The molecule has 2 unspecified atom stereocenters. The van der Waals surface area contributed by atoms with Crippen molar-refractivity contribution < 1.29 is 23.4 Å². The normalized spacial score (nSPS) is 19.9. The molecule has 0 spiro atoms. The molecule has 1 heterocycles. The number of hydrogen-bond donors (Lipinski definition) is 1. The average molecular weight is 299 g/mol. The van der Waals surface area contributed by atoms with Crippen molar-refractivity contribution in [3.8, 4) is 5.75 Å². The maximum atomic E-state index is 12.5. The van der Waals surface area contributed by atoms with Gasteiger partial charge in [-0.05, 0) is 44.4 Å². The molecule has 21 heavy (non-hydrogen) atoms. The topological polar surface area (TPSA) is 49.8 Å². The quantitative estimate of drug-likeness (QED) is 0.909. The third-order valence-electron chi connectivity index (χ3n) is 3.56. The number of likely N-dealkylation sites (tertiary alicyclic amines) is 1. The highest BCUT2D eigenvalue weighted by atomic mass is 19.3. The third-order valence-corrected chi connectivity index (χ3v) is 3.56. The molecule has 2 atom stereocenters. The van der Waals surface area contributed by atoms with E-state index in [2.05, 4.69) is 4.74 Å². The molecule has 1 N–H and O–H groups in total. The second kappa shape index (κ2) is 6.85. The first-order valence-electron chi connectivity index (χ1n) is 7.01. The van der Waals surface area contributed by atoms with Gasteiger partial charge in [0.1, 0.15) is 5.75 Å². The van der Waals surface area contributed by atoms with Crippen molar-refractivity contribution in [2.45, 2.75) is 44.9 Å². The summed E-state index contributed by atoms with van der Waals surface area (Å²) in [5, 5.41) is 9.48. The Bertz CT molecular complexity index is 494. The summed E-state index contributed by atoms with van der Waals surface area (Å²) < 4.78 is 28.7. The van der Waals surface area contributed by atoms with Gasteiger partial charge in [-0.2, -0.15) is 8.78 Å². The molecule has 1 amide bonds. The first-order valence-corrected chi connectivity index (χ1v) is 7.01. The second-order valence-electron chi connectivity index (χ2n) is 5.29. The Morgan fingerprint density at radius 2 is 2.29 bits per heavy atom. The lowest BCUT2D eigenvalue weighted by Crippen LogP contribution is -2.37. The van der Waals surface area contributed by atoms with Gasteiger partial charge in [-0.1, -0.05) is 6.07 Å². The van der Waals surface area contributed by atoms with Gasteiger partial charge in [0.05, 0.1) is 6.10 Å². The average Bonchev–Trinajstić information content (AvgIpc) is 2.84. The molecule has 0 aromatic heterocycles. The first-order chi connectivity index (χ1) is 9.97. The Labute approximate surface area is 122 Å². The Hall–Kier alpha value is -1.69. The van der Waals surface area contributed by atoms with Crippen LogP contribution in [0.4, 0.5) is 8.78 Å². The first kappa shape index (κ1) is 15.7. The molecular weight excluding hydrogens is 280 g/mol. The van der Waals surface area contributed by atoms with Gasteiger partial charge >= 0.3 is 6.61 Å². The standard InChI is InChI=1S/C15H19F2NO3/c1-10(19)8-12-5-3-7-18(12)14(20)11-4-2-6-13(9-11)21-15(16)17/h2,4,6,9-10,12,15,19H,3,5,7-8H2,1H3. The molecule has 2 rings (SSSR count). The summed E-state index contributed by atoms with van der Waals surface area (Å²) in [6.07, 6.45) is 1.79. The summed E-state index contributed by atoms with van der Waals surface area (Å²) in [5.74, 6) is -0.236. The summed E-state index contributed by atoms with van der Waals surface area (Å²) in [6.45, 7) is -0.598. The fourth-order valence-electron chi connectivity index (χ4n) is 2.71. The van der Waals surface area contributed by atoms with Crippen LogP contribution < -0.4 is 4.74 Å². The SMILES string of the molecule is CC(O)CC1CCCN1C(=O)c1cccc(OC(F)F)c1. The molecule has 1 aliphatic rings. The minimum absolute atomic E-state index is 0.00262. The van der Waals surface area contributed by atoms with Crippen molar-refractivity contribution in [2.24, 2.45) is 0 Å². The number of aliphatic hydroxyl groups excluding tert-OH is 1. The van der Waals surface area contributed by atoms with E-state index in [4.69, 9.17) is 0 Å². The molecule has 116 valence electrons. The van der Waals surface area contributed by atoms with Gasteiger partial charge in [0.15, 0.2) is 0 Å². The highest BCUT2D eigenvalue weighted by Gasteiger charge is 2.30. The van der Waals surface area contributed by atoms with E-state index in [1.54, 1.807) is 17.9 Å². The Balaban J connectivity index is 2.11. The van der Waals surface area contributed by atoms with Gasteiger partial charge in [0.25, 0.3) is 5.91 Å². The van der Waals surface area contributed by atoms with E-state index in [-0.39, 0.29) is 17.7 Å². The van der Waals surface area contributed by atoms with Gasteiger partial charge in [0.2, 0.25) is 0 Å². The molecule has 1 aromatic rings. The summed E-state index contributed by atoms with van der Waals surface area (Å²) in [6, 6.07) is 5.81. The molecule has 6 heteroatoms. The number of aliphatic hydroxyl groups is 1. The molecule has 0 bridgehead atoms. The third kappa shape index (κ3) is 4.14. The fraction of sp³-hybridized carbons (Fsp3) is 0.533. The molecule has 0 aliphatic carbocycles. The predicted molar refractivity (Wildman–Crippen MR) is 73.4 cm³/mol. The largest absolute Gasteiger partial charge is 0.435 e. The zero-order chi connectivity index (χ0) is 15.4. The smallest absolute Gasteiger partial charge is 0.387 e. The Morgan fingerprint density at radius 3 is 2.95 bits per heavy atom. The van der Waals surface area contributed by atoms with E-state index in [0.717, 1.165) is 12.8 Å². The molecular formula is C15H19F2NO3. The van der Waals surface area contributed by atoms with Crippen molar-refractivity contribution in [3.63, 3.8) is 0 Å². The number of hydrogen-bond acceptors (Lipinski definition) is 3. The maximum absolute atomic E-state index is 12.5. The van der Waals surface area contributed by atoms with Gasteiger partial charge in [-0.3, -0.25) is 4.79 Å². The van der Waals surface area contributed by atoms with Gasteiger partial charge in [-0.25, -0.2) is 0 Å². The number of carbonyl (C=O) groups is 1. The molecule has 1 saturated heterocycles. The van der Waals surface area contributed by atoms with Crippen molar-refractivity contribution in [1.29, 1.82) is 0 Å². The number of amides is 1. The summed E-state index contributed by atoms with van der Waals surface area (Å²) in [7, 11) is 0. The van der Waals surface area contributed by atoms with Crippen LogP contribution in [0.15, 0.2) is 24.3 Å². The summed E-state index contributed by atoms with van der Waals surface area (Å²) >= 11 is 0. The monoisotopic (exact) mass is 299 g/mol. The Morgan fingerprint density at radius 1 is 1.52 bits per heavy atom. The van der Waals surface area contributed by atoms with Crippen LogP contribution in [0.5, 0.6) is 5.75 Å². The van der Waals surface area contributed by atoms with Crippen molar-refractivity contribution >= 4 is 5.91 Å². The number of carbonyl (C=O) groups excluding carboxylic acids is 1. The minimum Gasteiger partial charge on any atom is -0.435 e. The van der Waals surface area contributed by atoms with Gasteiger partial charge in [-0.15, -0.1) is 0 Å². The molecule has 0 radical (unpaired) electrons. The summed E-state index contributed by atoms with van der Waals surface area (Å²) in [4.78, 5) is 14.2. The van der Waals surface area contributed by atoms with E-state index in [0.29, 0.717) is 18.5 Å². The molecule has 0 saturated carbocycles. The van der Waals surface area contributed by atoms with Crippen molar-refractivity contribution in [2.75, 3.05) is 6.54 Å². The van der Waals surface area contributed by atoms with Crippen molar-refractivity contribution in [1.82, 2.24) is 4.90 Å². The highest BCUT2D eigenvalue weighted by molar-refractivity contribution is 5.95. The number of rotatable bonds is 5. The zero-order valence-corrected chi connectivity index (χ0v) is 11.8. The second-order valence-corrected chi connectivity index (χ2v) is 5.29. The number of halogens is 2. The lowest BCUT2D eigenvalue weighted by Gasteiger charge is -2.26. The number of nitrogens with zero attached hydrogens (tertiary/aromatic N) is 1. The number of ether oxygens (including phenoxy) is 1. The molecule has 4 nitrogen and oxygen atoms in total. The Kier molecular flexibility index (Phi) is 5.12. The van der Waals surface area contributed by atoms with Crippen LogP contribution in [0, 0.1) is 0 Å². The van der Waals surface area contributed by atoms with Crippen LogP contribution in [0.1, 0.15) is 36.5 Å². The fourth-order valence-corrected chi connectivity index (χ4v) is 2.71. The van der Waals surface area contributed by atoms with E-state index in [9.17, 15) is 18.7 Å². The minimum atomic E-state index is -2.91. The van der Waals surface area contributed by atoms with Crippen LogP contribution in [0.2, 0.25) is 0 Å². The van der Waals surface area contributed by atoms with Crippen LogP contribution in [0.25, 0.3) is 0 Å². The van der Waals surface area contributed by atoms with Gasteiger partial charge in [0, 0.05) is 18.2 Å². The predicted octanol–water partition coefficient (Wildman–Crippen LogP) is 2.66. The van der Waals surface area contributed by atoms with Crippen LogP contribution >= 0.6 is 0 Å². The number of benzene rings is 1. The zero-order valence-electron chi connectivity index (χ0n) is 11.8. The number of alkyl halides is 2. The van der Waals surface area contributed by atoms with Crippen LogP contribution in [-0.2, 0) is 0 Å². The van der Waals surface area contributed by atoms with Crippen molar-refractivity contribution in [3.05, 3.63) is 29.8 Å². The van der Waals surface area contributed by atoms with E-state index < -0.39 is 12.7 Å². The lowest BCUT2D eigenvalue weighted by molar-refractivity contribution is -0.0499. The maximum Gasteiger partial charge on any atom is 0.387 e. The van der Waals surface area contributed by atoms with Crippen LogP contribution in [0.3, 0.4) is 0 Å². The highest BCUT2D eigenvalue weighted by Crippen LogP contribution is 2.25. The summed E-state index contributed by atoms with van der Waals surface area (Å²) in [5.41, 5.74) is 0.325. The van der Waals surface area contributed by atoms with Gasteiger partial charge < -0.3 is 14.7 Å². The van der Waals surface area contributed by atoms with E-state index in [1.807, 2.05) is 0 Å².